The van der Waals surface area contributed by atoms with Crippen LogP contribution in [-0.4, -0.2) is 16.5 Å². The summed E-state index contributed by atoms with van der Waals surface area (Å²) < 4.78 is 13.7. The van der Waals surface area contributed by atoms with Crippen molar-refractivity contribution in [1.29, 1.82) is 5.26 Å². The summed E-state index contributed by atoms with van der Waals surface area (Å²) in [7, 11) is 0. The zero-order valence-corrected chi connectivity index (χ0v) is 10.6. The maximum atomic E-state index is 13.4. The van der Waals surface area contributed by atoms with Crippen molar-refractivity contribution in [2.75, 3.05) is 6.26 Å². The number of nitriles is 1. The first kappa shape index (κ1) is 12.8. The van der Waals surface area contributed by atoms with E-state index < -0.39 is 5.82 Å². The molecule has 1 rings (SSSR count). The van der Waals surface area contributed by atoms with Gasteiger partial charge in [0.2, 0.25) is 0 Å². The fourth-order valence-electron chi connectivity index (χ4n) is 0.894. The van der Waals surface area contributed by atoms with Gasteiger partial charge in [-0.2, -0.15) is 5.26 Å². The minimum atomic E-state index is -0.587. The molecule has 1 aromatic carbocycles. The number of thioether (sulfide) groups is 1. The number of halogens is 2. The second-order valence-electron chi connectivity index (χ2n) is 2.61. The maximum Gasteiger partial charge on any atom is 0.183 e. The van der Waals surface area contributed by atoms with Gasteiger partial charge in [0, 0.05) is 6.07 Å². The van der Waals surface area contributed by atoms with E-state index in [1.54, 1.807) is 12.4 Å². The number of benzene rings is 1. The molecule has 2 N–H and O–H groups in total. The van der Waals surface area contributed by atoms with Crippen LogP contribution in [0.3, 0.4) is 0 Å². The van der Waals surface area contributed by atoms with Crippen LogP contribution in [0.2, 0.25) is 0 Å². The van der Waals surface area contributed by atoms with Crippen LogP contribution in [0.4, 0.5) is 10.1 Å². The zero-order chi connectivity index (χ0) is 12.1. The molecule has 0 atom stereocenters. The molecule has 0 radical (unpaired) electrons. The van der Waals surface area contributed by atoms with Crippen LogP contribution in [0.25, 0.3) is 0 Å². The minimum absolute atomic E-state index is 0.0344. The molecule has 0 spiro atoms. The van der Waals surface area contributed by atoms with Crippen molar-refractivity contribution in [3.05, 3.63) is 22.4 Å². The monoisotopic (exact) mass is 303 g/mol. The lowest BCUT2D eigenvalue weighted by atomic mass is 10.3. The van der Waals surface area contributed by atoms with Gasteiger partial charge in [0.05, 0.1) is 4.47 Å². The van der Waals surface area contributed by atoms with Gasteiger partial charge in [-0.1, -0.05) is 11.8 Å². The smallest absolute Gasteiger partial charge is 0.183 e. The predicted molar refractivity (Wildman–Crippen MR) is 65.1 cm³/mol. The first-order chi connectivity index (χ1) is 7.58. The Morgan fingerprint density at radius 2 is 2.38 bits per heavy atom. The average Bonchev–Trinajstić information content (AvgIpc) is 2.25. The molecule has 0 amide bonds. The van der Waals surface area contributed by atoms with Crippen LogP contribution in [0, 0.1) is 17.3 Å². The third-order valence-corrected chi connectivity index (χ3v) is 2.81. The van der Waals surface area contributed by atoms with E-state index in [1.165, 1.54) is 6.07 Å². The van der Waals surface area contributed by atoms with E-state index >= 15 is 0 Å². The van der Waals surface area contributed by atoms with Crippen molar-refractivity contribution in [2.45, 2.75) is 0 Å². The highest BCUT2D eigenvalue weighted by atomic mass is 79.9. The van der Waals surface area contributed by atoms with Crippen molar-refractivity contribution < 1.29 is 9.50 Å². The molecular formula is C9H7BrFN3OS. The van der Waals surface area contributed by atoms with Gasteiger partial charge in [-0.05, 0) is 28.3 Å². The molecule has 0 fully saturated rings. The summed E-state index contributed by atoms with van der Waals surface area (Å²) in [6, 6.07) is 2.28. The molecule has 0 saturated heterocycles. The number of nitrogens with zero attached hydrogens (tertiary/aromatic N) is 2. The van der Waals surface area contributed by atoms with Gasteiger partial charge < -0.3 is 5.11 Å². The summed E-state index contributed by atoms with van der Waals surface area (Å²) in [5.41, 5.74) is -0.0344. The highest BCUT2D eigenvalue weighted by Gasteiger charge is 2.07. The van der Waals surface area contributed by atoms with E-state index in [0.717, 1.165) is 17.8 Å². The number of amidine groups is 1. The van der Waals surface area contributed by atoms with E-state index in [1.807, 2.05) is 0 Å². The lowest BCUT2D eigenvalue weighted by Crippen LogP contribution is -2.12. The fraction of sp³-hybridized carbons (Fsp3) is 0.111. The largest absolute Gasteiger partial charge is 0.507 e. The number of nitrogens with one attached hydrogen (secondary N) is 1. The van der Waals surface area contributed by atoms with Gasteiger partial charge in [0.25, 0.3) is 0 Å². The average molecular weight is 304 g/mol. The van der Waals surface area contributed by atoms with Crippen molar-refractivity contribution in [3.8, 4) is 11.9 Å². The zero-order valence-electron chi connectivity index (χ0n) is 8.16. The first-order valence-corrected chi connectivity index (χ1v) is 6.06. The Morgan fingerprint density at radius 1 is 1.69 bits per heavy atom. The number of rotatable bonds is 1. The van der Waals surface area contributed by atoms with Crippen LogP contribution >= 0.6 is 27.7 Å². The van der Waals surface area contributed by atoms with Gasteiger partial charge in [-0.3, -0.25) is 5.32 Å². The molecule has 7 heteroatoms. The highest BCUT2D eigenvalue weighted by molar-refractivity contribution is 9.10. The SMILES string of the molecule is CSC(=Nc1cc(O)c(Br)cc1F)NC#N. The van der Waals surface area contributed by atoms with Crippen molar-refractivity contribution in [2.24, 2.45) is 4.99 Å². The van der Waals surface area contributed by atoms with E-state index in [4.69, 9.17) is 5.26 Å². The minimum Gasteiger partial charge on any atom is -0.507 e. The summed E-state index contributed by atoms with van der Waals surface area (Å²) in [6.45, 7) is 0. The summed E-state index contributed by atoms with van der Waals surface area (Å²) in [5, 5.41) is 20.3. The van der Waals surface area contributed by atoms with E-state index in [-0.39, 0.29) is 21.1 Å². The summed E-state index contributed by atoms with van der Waals surface area (Å²) in [6.07, 6.45) is 3.38. The molecule has 0 aliphatic heterocycles. The van der Waals surface area contributed by atoms with Crippen molar-refractivity contribution >= 4 is 38.5 Å². The standard InChI is InChI=1S/C9H7BrFN3OS/c1-16-9(13-4-12)14-7-3-8(15)5(10)2-6(7)11/h2-3,15H,1H3,(H,13,14). The molecular weight excluding hydrogens is 297 g/mol. The third kappa shape index (κ3) is 3.12. The summed E-state index contributed by atoms with van der Waals surface area (Å²) in [5.74, 6) is -0.700. The number of phenolic OH excluding ortho intramolecular Hbond substituents is 1. The number of phenols is 1. The van der Waals surface area contributed by atoms with E-state index in [0.29, 0.717) is 0 Å². The molecule has 0 aromatic heterocycles. The number of aromatic hydroxyl groups is 1. The number of hydrogen-bond donors (Lipinski definition) is 2. The topological polar surface area (TPSA) is 68.4 Å². The van der Waals surface area contributed by atoms with Gasteiger partial charge >= 0.3 is 0 Å². The molecule has 0 heterocycles. The Labute approximate surface area is 104 Å². The molecule has 16 heavy (non-hydrogen) atoms. The number of aliphatic imine (C=N–C) groups is 1. The second kappa shape index (κ2) is 5.72. The Hall–Kier alpha value is -1.26. The Bertz CT molecular complexity index is 473. The fourth-order valence-corrected chi connectivity index (χ4v) is 1.55. The molecule has 0 aliphatic carbocycles. The van der Waals surface area contributed by atoms with Crippen molar-refractivity contribution in [1.82, 2.24) is 5.32 Å². The Balaban J connectivity index is 3.14. The molecule has 1 aromatic rings. The Kier molecular flexibility index (Phi) is 4.58. The van der Waals surface area contributed by atoms with Gasteiger partial charge in [0.15, 0.2) is 11.4 Å². The molecule has 84 valence electrons. The lowest BCUT2D eigenvalue weighted by molar-refractivity contribution is 0.470. The molecule has 0 saturated carbocycles. The quantitative estimate of drug-likeness (QED) is 0.362. The van der Waals surface area contributed by atoms with Gasteiger partial charge in [-0.15, -0.1) is 0 Å². The highest BCUT2D eigenvalue weighted by Crippen LogP contribution is 2.31. The first-order valence-electron chi connectivity index (χ1n) is 4.04. The number of hydrogen-bond acceptors (Lipinski definition) is 4. The van der Waals surface area contributed by atoms with E-state index in [2.05, 4.69) is 26.2 Å². The molecule has 0 bridgehead atoms. The van der Waals surface area contributed by atoms with Crippen molar-refractivity contribution in [3.63, 3.8) is 0 Å². The third-order valence-electron chi connectivity index (χ3n) is 1.59. The lowest BCUT2D eigenvalue weighted by Gasteiger charge is -2.03. The molecule has 4 nitrogen and oxygen atoms in total. The van der Waals surface area contributed by atoms with Crippen LogP contribution in [-0.2, 0) is 0 Å². The van der Waals surface area contributed by atoms with E-state index in [9.17, 15) is 9.50 Å². The molecule has 0 aliphatic rings. The summed E-state index contributed by atoms with van der Waals surface area (Å²) in [4.78, 5) is 3.86. The van der Waals surface area contributed by atoms with Gasteiger partial charge in [-0.25, -0.2) is 9.38 Å². The summed E-state index contributed by atoms with van der Waals surface area (Å²) >= 11 is 4.15. The Morgan fingerprint density at radius 3 is 2.94 bits per heavy atom. The van der Waals surface area contributed by atoms with Gasteiger partial charge in [0.1, 0.15) is 17.3 Å². The second-order valence-corrected chi connectivity index (χ2v) is 4.26. The van der Waals surface area contributed by atoms with Crippen LogP contribution in [0.5, 0.6) is 5.75 Å². The van der Waals surface area contributed by atoms with Crippen LogP contribution in [0.15, 0.2) is 21.6 Å². The predicted octanol–water partition coefficient (Wildman–Crippen LogP) is 2.71. The van der Waals surface area contributed by atoms with Crippen LogP contribution < -0.4 is 5.32 Å². The normalized spacial score (nSPS) is 11.0. The molecule has 0 unspecified atom stereocenters. The van der Waals surface area contributed by atoms with Crippen LogP contribution in [0.1, 0.15) is 0 Å². The maximum absolute atomic E-state index is 13.4.